The third-order valence-electron chi connectivity index (χ3n) is 6.20. The number of methoxy groups -OCH3 is 2. The summed E-state index contributed by atoms with van der Waals surface area (Å²) in [4.78, 5) is 29.8. The second kappa shape index (κ2) is 14.3. The molecule has 0 aliphatic heterocycles. The van der Waals surface area contributed by atoms with Gasteiger partial charge in [0.05, 0.1) is 31.9 Å². The number of rotatable bonds is 12. The van der Waals surface area contributed by atoms with E-state index in [0.717, 1.165) is 15.3 Å². The van der Waals surface area contributed by atoms with Crippen molar-refractivity contribution in [2.24, 2.45) is 0 Å². The fourth-order valence-electron chi connectivity index (χ4n) is 4.05. The van der Waals surface area contributed by atoms with Crippen molar-refractivity contribution < 1.29 is 45.4 Å². The van der Waals surface area contributed by atoms with E-state index in [1.807, 2.05) is 23.6 Å². The van der Waals surface area contributed by atoms with Crippen LogP contribution in [0.2, 0.25) is 0 Å². The highest BCUT2D eigenvalue weighted by molar-refractivity contribution is 7.09. The van der Waals surface area contributed by atoms with Crippen LogP contribution in [0.15, 0.2) is 66.6 Å². The fraction of sp³-hybridized carbons (Fsp3) is 0.310. The van der Waals surface area contributed by atoms with E-state index in [9.17, 15) is 35.9 Å². The Kier molecular flexibility index (Phi) is 11.1. The van der Waals surface area contributed by atoms with Crippen LogP contribution >= 0.6 is 11.3 Å². The van der Waals surface area contributed by atoms with E-state index in [1.54, 1.807) is 12.1 Å². The second-order valence-corrected chi connectivity index (χ2v) is 10.3. The van der Waals surface area contributed by atoms with Crippen LogP contribution in [-0.2, 0) is 30.1 Å². The Morgan fingerprint density at radius 3 is 2.12 bits per heavy atom. The first-order valence-corrected chi connectivity index (χ1v) is 13.6. The molecule has 0 atom stereocenters. The molecule has 3 amide bonds. The van der Waals surface area contributed by atoms with Gasteiger partial charge < -0.3 is 24.6 Å². The third-order valence-corrected chi connectivity index (χ3v) is 7.06. The van der Waals surface area contributed by atoms with Crippen molar-refractivity contribution in [3.8, 4) is 11.5 Å². The lowest BCUT2D eigenvalue weighted by atomic mass is 10.1. The molecule has 7 nitrogen and oxygen atoms in total. The summed E-state index contributed by atoms with van der Waals surface area (Å²) < 4.78 is 90.3. The molecule has 3 rings (SSSR count). The number of urea groups is 1. The highest BCUT2D eigenvalue weighted by atomic mass is 32.1. The average Bonchev–Trinajstić information content (AvgIpc) is 3.47. The minimum atomic E-state index is -5.09. The summed E-state index contributed by atoms with van der Waals surface area (Å²) in [6.45, 7) is 3.27. The quantitative estimate of drug-likeness (QED) is 0.172. The summed E-state index contributed by atoms with van der Waals surface area (Å²) in [5.41, 5.74) is -3.05. The number of hydrogen-bond donors (Lipinski definition) is 1. The molecule has 232 valence electrons. The van der Waals surface area contributed by atoms with Gasteiger partial charge in [-0.3, -0.25) is 4.79 Å². The highest BCUT2D eigenvalue weighted by Gasteiger charge is 2.37. The first-order valence-electron chi connectivity index (χ1n) is 12.7. The zero-order valence-electron chi connectivity index (χ0n) is 23.2. The molecule has 0 unspecified atom stereocenters. The van der Waals surface area contributed by atoms with Crippen molar-refractivity contribution in [2.45, 2.75) is 25.3 Å². The van der Waals surface area contributed by atoms with Gasteiger partial charge >= 0.3 is 18.4 Å². The Balaban J connectivity index is 1.81. The number of carbonyl (C=O) groups is 2. The van der Waals surface area contributed by atoms with Gasteiger partial charge in [0, 0.05) is 23.7 Å². The number of nitrogens with one attached hydrogen (secondary N) is 1. The van der Waals surface area contributed by atoms with Gasteiger partial charge in [-0.2, -0.15) is 26.3 Å². The standard InChI is InChI=1S/C29H29F6N3O4S/c1-4-10-38(27(40)36-22-15-20(28(30,31)32)14-21(16-22)29(33,34)35)18-26(39)37(17-23-6-5-12-43-23)11-9-19-7-8-24(41-2)25(13-19)42-3/h4-8,12-16H,1,9-11,17-18H2,2-3H3,(H,36,40). The molecule has 0 radical (unpaired) electrons. The number of ether oxygens (including phenoxy) is 2. The van der Waals surface area contributed by atoms with E-state index in [4.69, 9.17) is 9.47 Å². The Morgan fingerprint density at radius 2 is 1.58 bits per heavy atom. The van der Waals surface area contributed by atoms with Crippen LogP contribution in [0.4, 0.5) is 36.8 Å². The van der Waals surface area contributed by atoms with Crippen molar-refractivity contribution in [3.05, 3.63) is 88.1 Å². The van der Waals surface area contributed by atoms with E-state index >= 15 is 0 Å². The number of halogens is 6. The number of nitrogens with zero attached hydrogens (tertiary/aromatic N) is 2. The average molecular weight is 630 g/mol. The number of benzene rings is 2. The van der Waals surface area contributed by atoms with E-state index in [2.05, 4.69) is 11.9 Å². The zero-order chi connectivity index (χ0) is 31.8. The largest absolute Gasteiger partial charge is 0.493 e. The van der Waals surface area contributed by atoms with Crippen LogP contribution in [0.5, 0.6) is 11.5 Å². The van der Waals surface area contributed by atoms with Gasteiger partial charge in [-0.1, -0.05) is 18.2 Å². The Bertz CT molecular complexity index is 1380. The second-order valence-electron chi connectivity index (χ2n) is 9.23. The number of carbonyl (C=O) groups excluding carboxylic acids is 2. The number of anilines is 1. The van der Waals surface area contributed by atoms with Crippen molar-refractivity contribution >= 4 is 29.0 Å². The molecular formula is C29H29F6N3O4S. The number of alkyl halides is 6. The highest BCUT2D eigenvalue weighted by Crippen LogP contribution is 2.37. The maximum atomic E-state index is 13.5. The lowest BCUT2D eigenvalue weighted by Gasteiger charge is -2.27. The first kappa shape index (κ1) is 33.3. The Labute approximate surface area is 248 Å². The molecule has 1 aromatic heterocycles. The molecule has 0 saturated heterocycles. The van der Waals surface area contributed by atoms with Gasteiger partial charge in [-0.25, -0.2) is 4.79 Å². The number of hydrogen-bond acceptors (Lipinski definition) is 5. The van der Waals surface area contributed by atoms with Crippen LogP contribution in [0, 0.1) is 0 Å². The SMILES string of the molecule is C=CCN(CC(=O)N(CCc1ccc(OC)c(OC)c1)Cc1cccs1)C(=O)Nc1cc(C(F)(F)F)cc(C(F)(F)F)c1. The van der Waals surface area contributed by atoms with E-state index < -0.39 is 47.6 Å². The predicted molar refractivity (Wildman–Crippen MR) is 150 cm³/mol. The molecule has 0 bridgehead atoms. The minimum Gasteiger partial charge on any atom is -0.493 e. The molecule has 0 aliphatic carbocycles. The molecule has 0 fully saturated rings. The maximum Gasteiger partial charge on any atom is 0.416 e. The molecule has 0 aliphatic rings. The molecule has 43 heavy (non-hydrogen) atoms. The lowest BCUT2D eigenvalue weighted by Crippen LogP contribution is -2.44. The number of amides is 3. The molecule has 0 saturated carbocycles. The van der Waals surface area contributed by atoms with Crippen LogP contribution in [-0.4, -0.2) is 55.6 Å². The molecule has 14 heteroatoms. The predicted octanol–water partition coefficient (Wildman–Crippen LogP) is 7.09. The van der Waals surface area contributed by atoms with E-state index in [1.165, 1.54) is 36.5 Å². The van der Waals surface area contributed by atoms with Gasteiger partial charge in [0.1, 0.15) is 6.54 Å². The lowest BCUT2D eigenvalue weighted by molar-refractivity contribution is -0.143. The molecule has 0 spiro atoms. The van der Waals surface area contributed by atoms with E-state index in [0.29, 0.717) is 30.1 Å². The molecule has 3 aromatic rings. The zero-order valence-corrected chi connectivity index (χ0v) is 24.0. The molecule has 1 N–H and O–H groups in total. The maximum absolute atomic E-state index is 13.5. The van der Waals surface area contributed by atoms with Crippen LogP contribution in [0.25, 0.3) is 0 Å². The van der Waals surface area contributed by atoms with Crippen molar-refractivity contribution in [1.29, 1.82) is 0 Å². The van der Waals surface area contributed by atoms with E-state index in [-0.39, 0.29) is 25.7 Å². The molecular weight excluding hydrogens is 600 g/mol. The van der Waals surface area contributed by atoms with Gasteiger partial charge in [-0.05, 0) is 53.8 Å². The van der Waals surface area contributed by atoms with Crippen molar-refractivity contribution in [3.63, 3.8) is 0 Å². The number of thiophene rings is 1. The summed E-state index contributed by atoms with van der Waals surface area (Å²) in [5, 5.41) is 3.91. The van der Waals surface area contributed by atoms with Gasteiger partial charge in [0.2, 0.25) is 5.91 Å². The first-order chi connectivity index (χ1) is 20.2. The summed E-state index contributed by atoms with van der Waals surface area (Å²) in [6.07, 6.45) is -8.48. The van der Waals surface area contributed by atoms with Crippen LogP contribution < -0.4 is 14.8 Å². The van der Waals surface area contributed by atoms with Gasteiger partial charge in [0.15, 0.2) is 11.5 Å². The van der Waals surface area contributed by atoms with Crippen LogP contribution in [0.1, 0.15) is 21.6 Å². The normalized spacial score (nSPS) is 11.5. The third kappa shape index (κ3) is 9.40. The molecule has 1 heterocycles. The van der Waals surface area contributed by atoms with Crippen molar-refractivity contribution in [1.82, 2.24) is 9.80 Å². The Morgan fingerprint density at radius 1 is 0.930 bits per heavy atom. The summed E-state index contributed by atoms with van der Waals surface area (Å²) in [7, 11) is 3.00. The monoisotopic (exact) mass is 629 g/mol. The van der Waals surface area contributed by atoms with Gasteiger partial charge in [0.25, 0.3) is 0 Å². The topological polar surface area (TPSA) is 71.1 Å². The summed E-state index contributed by atoms with van der Waals surface area (Å²) in [5.74, 6) is 0.547. The van der Waals surface area contributed by atoms with Gasteiger partial charge in [-0.15, -0.1) is 17.9 Å². The minimum absolute atomic E-state index is 0.0401. The van der Waals surface area contributed by atoms with Crippen molar-refractivity contribution in [2.75, 3.05) is 39.2 Å². The van der Waals surface area contributed by atoms with Crippen LogP contribution in [0.3, 0.4) is 0 Å². The molecule has 2 aromatic carbocycles. The summed E-state index contributed by atoms with van der Waals surface area (Å²) >= 11 is 1.42. The smallest absolute Gasteiger partial charge is 0.416 e. The Hall–Kier alpha value is -4.20. The fourth-order valence-corrected chi connectivity index (χ4v) is 4.77. The summed E-state index contributed by atoms with van der Waals surface area (Å²) in [6, 6.07) is 8.65.